The molecule has 0 aliphatic heterocycles. The zero-order valence-electron chi connectivity index (χ0n) is 11.7. The number of methoxy groups -OCH3 is 1. The van der Waals surface area contributed by atoms with Gasteiger partial charge >= 0.3 is 0 Å². The molecule has 0 saturated heterocycles. The maximum Gasteiger partial charge on any atom is 0.130 e. The Kier molecular flexibility index (Phi) is 5.14. The van der Waals surface area contributed by atoms with E-state index in [4.69, 9.17) is 4.74 Å². The summed E-state index contributed by atoms with van der Waals surface area (Å²) in [5, 5.41) is 0. The minimum absolute atomic E-state index is 0.418. The van der Waals surface area contributed by atoms with Crippen molar-refractivity contribution in [2.75, 3.05) is 7.11 Å². The van der Waals surface area contributed by atoms with Gasteiger partial charge in [-0.3, -0.25) is 0 Å². The van der Waals surface area contributed by atoms with E-state index in [0.717, 1.165) is 30.4 Å². The van der Waals surface area contributed by atoms with E-state index in [1.54, 1.807) is 7.11 Å². The van der Waals surface area contributed by atoms with Crippen LogP contribution in [0.25, 0.3) is 0 Å². The normalized spacial score (nSPS) is 13.6. The molecule has 0 N–H and O–H groups in total. The van der Waals surface area contributed by atoms with E-state index in [9.17, 15) is 4.79 Å². The first kappa shape index (κ1) is 14.5. The van der Waals surface area contributed by atoms with Crippen LogP contribution in [0.4, 0.5) is 0 Å². The van der Waals surface area contributed by atoms with E-state index in [1.807, 2.05) is 31.2 Å². The van der Waals surface area contributed by atoms with Crippen LogP contribution in [0.3, 0.4) is 0 Å². The third-order valence-electron chi connectivity index (χ3n) is 3.23. The lowest BCUT2D eigenvalue weighted by Crippen LogP contribution is -2.23. The molecular weight excluding hydrogens is 224 g/mol. The molecule has 1 atom stereocenters. The Morgan fingerprint density at radius 2 is 1.89 bits per heavy atom. The topological polar surface area (TPSA) is 26.3 Å². The summed E-state index contributed by atoms with van der Waals surface area (Å²) in [7, 11) is 1.64. The van der Waals surface area contributed by atoms with Crippen molar-refractivity contribution in [3.63, 3.8) is 0 Å². The molecule has 1 aromatic carbocycles. The van der Waals surface area contributed by atoms with E-state index in [2.05, 4.69) is 19.9 Å². The summed E-state index contributed by atoms with van der Waals surface area (Å²) < 4.78 is 5.13. The average molecular weight is 246 g/mol. The lowest BCUT2D eigenvalue weighted by Gasteiger charge is -2.23. The third-order valence-corrected chi connectivity index (χ3v) is 3.23. The first-order chi connectivity index (χ1) is 8.51. The van der Waals surface area contributed by atoms with Crippen LogP contribution in [-0.2, 0) is 10.2 Å². The molecule has 0 aliphatic carbocycles. The van der Waals surface area contributed by atoms with Crippen LogP contribution in [0, 0.1) is 0 Å². The molecule has 0 heterocycles. The summed E-state index contributed by atoms with van der Waals surface area (Å²) in [4.78, 5) is 11.4. The fourth-order valence-electron chi connectivity index (χ4n) is 1.90. The summed E-state index contributed by atoms with van der Waals surface area (Å²) in [6.45, 7) is 6.14. The van der Waals surface area contributed by atoms with Gasteiger partial charge in [-0.2, -0.15) is 0 Å². The Hall–Kier alpha value is -1.57. The van der Waals surface area contributed by atoms with Gasteiger partial charge in [0, 0.05) is 5.41 Å². The molecule has 0 spiro atoms. The summed E-state index contributed by atoms with van der Waals surface area (Å²) in [6.07, 6.45) is 4.97. The number of allylic oxidation sites excluding steroid dienone is 2. The molecule has 0 radical (unpaired) electrons. The van der Waals surface area contributed by atoms with E-state index in [-0.39, 0.29) is 0 Å². The maximum absolute atomic E-state index is 11.4. The van der Waals surface area contributed by atoms with Crippen molar-refractivity contribution in [1.29, 1.82) is 0 Å². The van der Waals surface area contributed by atoms with Crippen LogP contribution in [0.5, 0.6) is 5.75 Å². The summed E-state index contributed by atoms with van der Waals surface area (Å²) >= 11 is 0. The van der Waals surface area contributed by atoms with Gasteiger partial charge in [0.05, 0.1) is 7.11 Å². The quantitative estimate of drug-likeness (QED) is 0.562. The Morgan fingerprint density at radius 3 is 2.33 bits per heavy atom. The largest absolute Gasteiger partial charge is 0.497 e. The molecule has 0 bridgehead atoms. The second kappa shape index (κ2) is 6.39. The van der Waals surface area contributed by atoms with Crippen LogP contribution in [-0.4, -0.2) is 13.4 Å². The summed E-state index contributed by atoms with van der Waals surface area (Å²) in [5.41, 5.74) is 1.91. The lowest BCUT2D eigenvalue weighted by molar-refractivity contribution is -0.112. The number of carbonyl (C=O) groups is 1. The molecule has 0 saturated carbocycles. The SMILES string of the molecule is COc1ccc([C@@](C)(C=O)CCC=C(C)C)cc1. The van der Waals surface area contributed by atoms with Crippen molar-refractivity contribution < 1.29 is 9.53 Å². The zero-order chi connectivity index (χ0) is 13.6. The van der Waals surface area contributed by atoms with Crippen LogP contribution in [0.2, 0.25) is 0 Å². The van der Waals surface area contributed by atoms with Crippen LogP contribution < -0.4 is 4.74 Å². The smallest absolute Gasteiger partial charge is 0.130 e. The molecule has 1 rings (SSSR count). The van der Waals surface area contributed by atoms with Crippen LogP contribution in [0.1, 0.15) is 39.2 Å². The van der Waals surface area contributed by atoms with Gasteiger partial charge in [0.2, 0.25) is 0 Å². The monoisotopic (exact) mass is 246 g/mol. The fourth-order valence-corrected chi connectivity index (χ4v) is 1.90. The highest BCUT2D eigenvalue weighted by Gasteiger charge is 2.25. The molecule has 2 heteroatoms. The van der Waals surface area contributed by atoms with Gasteiger partial charge in [0.25, 0.3) is 0 Å². The molecule has 1 aromatic rings. The second-order valence-corrected chi connectivity index (χ2v) is 5.08. The minimum Gasteiger partial charge on any atom is -0.497 e. The van der Waals surface area contributed by atoms with E-state index >= 15 is 0 Å². The highest BCUT2D eigenvalue weighted by Crippen LogP contribution is 2.28. The first-order valence-corrected chi connectivity index (χ1v) is 6.26. The minimum atomic E-state index is -0.418. The van der Waals surface area contributed by atoms with Gasteiger partial charge in [-0.05, 0) is 51.3 Å². The maximum atomic E-state index is 11.4. The van der Waals surface area contributed by atoms with Gasteiger partial charge in [0.15, 0.2) is 0 Å². The molecule has 0 aliphatic rings. The van der Waals surface area contributed by atoms with Crippen molar-refractivity contribution in [2.24, 2.45) is 0 Å². The van der Waals surface area contributed by atoms with Gasteiger partial charge in [-0.1, -0.05) is 23.8 Å². The number of hydrogen-bond acceptors (Lipinski definition) is 2. The van der Waals surface area contributed by atoms with Crippen molar-refractivity contribution in [1.82, 2.24) is 0 Å². The van der Waals surface area contributed by atoms with Crippen LogP contribution >= 0.6 is 0 Å². The zero-order valence-corrected chi connectivity index (χ0v) is 11.7. The highest BCUT2D eigenvalue weighted by molar-refractivity contribution is 5.68. The van der Waals surface area contributed by atoms with Gasteiger partial charge in [-0.25, -0.2) is 0 Å². The second-order valence-electron chi connectivity index (χ2n) is 5.08. The first-order valence-electron chi connectivity index (χ1n) is 6.26. The molecule has 2 nitrogen and oxygen atoms in total. The number of benzene rings is 1. The molecule has 0 aromatic heterocycles. The summed E-state index contributed by atoms with van der Waals surface area (Å²) in [5.74, 6) is 0.816. The summed E-state index contributed by atoms with van der Waals surface area (Å²) in [6, 6.07) is 7.74. The Morgan fingerprint density at radius 1 is 1.28 bits per heavy atom. The standard InChI is InChI=1S/C16H22O2/c1-13(2)6-5-11-16(3,12-17)14-7-9-15(18-4)10-8-14/h6-10,12H,5,11H2,1-4H3/t16-/m1/s1. The van der Waals surface area contributed by atoms with E-state index < -0.39 is 5.41 Å². The number of rotatable bonds is 6. The van der Waals surface area contributed by atoms with Gasteiger partial charge in [0.1, 0.15) is 12.0 Å². The van der Waals surface area contributed by atoms with E-state index in [1.165, 1.54) is 5.57 Å². The number of ether oxygens (including phenoxy) is 1. The number of aldehydes is 1. The predicted octanol–water partition coefficient (Wildman–Crippen LogP) is 3.90. The Bertz CT molecular complexity index is 413. The number of carbonyl (C=O) groups excluding carboxylic acids is 1. The van der Waals surface area contributed by atoms with Crippen molar-refractivity contribution in [2.45, 2.75) is 39.0 Å². The lowest BCUT2D eigenvalue weighted by atomic mass is 9.80. The Labute approximate surface area is 110 Å². The van der Waals surface area contributed by atoms with Crippen molar-refractivity contribution in [3.05, 3.63) is 41.5 Å². The van der Waals surface area contributed by atoms with Gasteiger partial charge < -0.3 is 9.53 Å². The fraction of sp³-hybridized carbons (Fsp3) is 0.438. The molecule has 0 amide bonds. The number of hydrogen-bond donors (Lipinski definition) is 0. The molecule has 0 unspecified atom stereocenters. The predicted molar refractivity (Wildman–Crippen MR) is 75.1 cm³/mol. The average Bonchev–Trinajstić information content (AvgIpc) is 2.38. The van der Waals surface area contributed by atoms with Crippen molar-refractivity contribution in [3.8, 4) is 5.75 Å². The molecule has 18 heavy (non-hydrogen) atoms. The van der Waals surface area contributed by atoms with Gasteiger partial charge in [-0.15, -0.1) is 0 Å². The van der Waals surface area contributed by atoms with E-state index in [0.29, 0.717) is 0 Å². The third kappa shape index (κ3) is 3.73. The van der Waals surface area contributed by atoms with Crippen molar-refractivity contribution >= 4 is 6.29 Å². The highest BCUT2D eigenvalue weighted by atomic mass is 16.5. The Balaban J connectivity index is 2.85. The van der Waals surface area contributed by atoms with Crippen LogP contribution in [0.15, 0.2) is 35.9 Å². The molecule has 98 valence electrons. The molecular formula is C16H22O2. The molecule has 0 fully saturated rings.